The van der Waals surface area contributed by atoms with E-state index in [2.05, 4.69) is 29.1 Å². The molecule has 84 valence electrons. The van der Waals surface area contributed by atoms with Crippen molar-refractivity contribution >= 4 is 11.3 Å². The molecule has 0 bridgehead atoms. The van der Waals surface area contributed by atoms with Gasteiger partial charge in [0.2, 0.25) is 0 Å². The van der Waals surface area contributed by atoms with Crippen LogP contribution in [-0.2, 0) is 6.54 Å². The van der Waals surface area contributed by atoms with E-state index in [1.54, 1.807) is 11.3 Å². The highest BCUT2D eigenvalue weighted by molar-refractivity contribution is 7.07. The third-order valence-corrected chi connectivity index (χ3v) is 4.31. The lowest BCUT2D eigenvalue weighted by Crippen LogP contribution is -2.41. The number of rotatable bonds is 4. The van der Waals surface area contributed by atoms with Crippen LogP contribution in [0.1, 0.15) is 31.7 Å². The maximum Gasteiger partial charge on any atom is 0.0499 e. The predicted octanol–water partition coefficient (Wildman–Crippen LogP) is 2.39. The van der Waals surface area contributed by atoms with Crippen LogP contribution in [0.25, 0.3) is 0 Å². The van der Waals surface area contributed by atoms with E-state index in [0.29, 0.717) is 12.6 Å². The normalized spacial score (nSPS) is 30.9. The fraction of sp³-hybridized carbons (Fsp3) is 0.667. The smallest absolute Gasteiger partial charge is 0.0499 e. The molecule has 0 radical (unpaired) electrons. The van der Waals surface area contributed by atoms with Crippen molar-refractivity contribution in [2.45, 2.75) is 38.8 Å². The fourth-order valence-corrected chi connectivity index (χ4v) is 3.07. The standard InChI is InChI=1S/C12H19NOS/c1-12(9-14)5-2-3-11(12)13-7-10-4-6-15-8-10/h4,6,8,11,13-14H,2-3,5,7,9H2,1H3. The average molecular weight is 225 g/mol. The van der Waals surface area contributed by atoms with Crippen molar-refractivity contribution in [3.63, 3.8) is 0 Å². The lowest BCUT2D eigenvalue weighted by Gasteiger charge is -2.30. The van der Waals surface area contributed by atoms with E-state index in [1.807, 2.05) is 0 Å². The van der Waals surface area contributed by atoms with Crippen LogP contribution in [0.2, 0.25) is 0 Å². The first kappa shape index (κ1) is 11.1. The lowest BCUT2D eigenvalue weighted by molar-refractivity contribution is 0.118. The molecule has 1 aliphatic rings. The minimum atomic E-state index is 0.0933. The van der Waals surface area contributed by atoms with Gasteiger partial charge in [0, 0.05) is 24.6 Å². The minimum Gasteiger partial charge on any atom is -0.396 e. The van der Waals surface area contributed by atoms with E-state index >= 15 is 0 Å². The summed E-state index contributed by atoms with van der Waals surface area (Å²) in [5.74, 6) is 0. The maximum absolute atomic E-state index is 9.41. The number of hydrogen-bond acceptors (Lipinski definition) is 3. The van der Waals surface area contributed by atoms with Gasteiger partial charge < -0.3 is 10.4 Å². The Bertz CT molecular complexity index is 299. The van der Waals surface area contributed by atoms with Crippen molar-refractivity contribution in [2.75, 3.05) is 6.61 Å². The zero-order chi connectivity index (χ0) is 10.7. The molecule has 0 saturated heterocycles. The van der Waals surface area contributed by atoms with E-state index < -0.39 is 0 Å². The molecular weight excluding hydrogens is 206 g/mol. The van der Waals surface area contributed by atoms with Crippen LogP contribution in [0, 0.1) is 5.41 Å². The summed E-state index contributed by atoms with van der Waals surface area (Å²) in [6.45, 7) is 3.42. The Hall–Kier alpha value is -0.380. The molecule has 1 heterocycles. The van der Waals surface area contributed by atoms with E-state index in [-0.39, 0.29) is 5.41 Å². The van der Waals surface area contributed by atoms with Gasteiger partial charge in [-0.3, -0.25) is 0 Å². The number of aliphatic hydroxyl groups excluding tert-OH is 1. The summed E-state index contributed by atoms with van der Waals surface area (Å²) in [7, 11) is 0. The van der Waals surface area contributed by atoms with Gasteiger partial charge in [0.05, 0.1) is 0 Å². The van der Waals surface area contributed by atoms with Crippen molar-refractivity contribution in [1.29, 1.82) is 0 Å². The van der Waals surface area contributed by atoms with E-state index in [0.717, 1.165) is 13.0 Å². The van der Waals surface area contributed by atoms with Gasteiger partial charge >= 0.3 is 0 Å². The minimum absolute atomic E-state index is 0.0933. The Morgan fingerprint density at radius 2 is 2.53 bits per heavy atom. The monoisotopic (exact) mass is 225 g/mol. The summed E-state index contributed by atoms with van der Waals surface area (Å²) in [6.07, 6.45) is 3.57. The van der Waals surface area contributed by atoms with Crippen LogP contribution in [0.4, 0.5) is 0 Å². The summed E-state index contributed by atoms with van der Waals surface area (Å²) in [5, 5.41) is 17.3. The third kappa shape index (κ3) is 2.41. The molecule has 1 aromatic heterocycles. The van der Waals surface area contributed by atoms with Crippen LogP contribution in [0.15, 0.2) is 16.8 Å². The lowest BCUT2D eigenvalue weighted by atomic mass is 9.86. The molecule has 1 aromatic rings. The van der Waals surface area contributed by atoms with Crippen molar-refractivity contribution in [3.8, 4) is 0 Å². The van der Waals surface area contributed by atoms with Crippen LogP contribution in [0.3, 0.4) is 0 Å². The molecule has 2 unspecified atom stereocenters. The Balaban J connectivity index is 1.89. The van der Waals surface area contributed by atoms with Crippen molar-refractivity contribution < 1.29 is 5.11 Å². The molecule has 0 amide bonds. The molecule has 2 rings (SSSR count). The predicted molar refractivity (Wildman–Crippen MR) is 64.0 cm³/mol. The molecule has 0 spiro atoms. The third-order valence-electron chi connectivity index (χ3n) is 3.58. The summed E-state index contributed by atoms with van der Waals surface area (Å²) < 4.78 is 0. The molecule has 1 saturated carbocycles. The summed E-state index contributed by atoms with van der Waals surface area (Å²) in [5.41, 5.74) is 1.45. The first-order chi connectivity index (χ1) is 7.24. The second kappa shape index (κ2) is 4.64. The van der Waals surface area contributed by atoms with Gasteiger partial charge in [0.15, 0.2) is 0 Å². The van der Waals surface area contributed by atoms with Gasteiger partial charge in [-0.05, 0) is 35.2 Å². The Morgan fingerprint density at radius 3 is 3.20 bits per heavy atom. The molecule has 1 aliphatic carbocycles. The Morgan fingerprint density at radius 1 is 1.67 bits per heavy atom. The Labute approximate surface area is 95.3 Å². The zero-order valence-electron chi connectivity index (χ0n) is 9.20. The summed E-state index contributed by atoms with van der Waals surface area (Å²) in [4.78, 5) is 0. The Kier molecular flexibility index (Phi) is 3.44. The van der Waals surface area contributed by atoms with Gasteiger partial charge in [-0.2, -0.15) is 11.3 Å². The van der Waals surface area contributed by atoms with Crippen LogP contribution in [0.5, 0.6) is 0 Å². The molecular formula is C12H19NOS. The quantitative estimate of drug-likeness (QED) is 0.824. The van der Waals surface area contributed by atoms with E-state index in [4.69, 9.17) is 0 Å². The first-order valence-corrected chi connectivity index (χ1v) is 6.54. The van der Waals surface area contributed by atoms with Gasteiger partial charge in [-0.15, -0.1) is 0 Å². The number of thiophene rings is 1. The largest absolute Gasteiger partial charge is 0.396 e. The van der Waals surface area contributed by atoms with E-state index in [1.165, 1.54) is 18.4 Å². The average Bonchev–Trinajstić information content (AvgIpc) is 2.85. The highest BCUT2D eigenvalue weighted by Gasteiger charge is 2.37. The van der Waals surface area contributed by atoms with Gasteiger partial charge in [0.25, 0.3) is 0 Å². The van der Waals surface area contributed by atoms with Gasteiger partial charge in [-0.1, -0.05) is 13.3 Å². The fourth-order valence-electron chi connectivity index (χ4n) is 2.40. The second-order valence-electron chi connectivity index (χ2n) is 4.77. The number of hydrogen-bond donors (Lipinski definition) is 2. The number of aliphatic hydroxyl groups is 1. The molecule has 2 N–H and O–H groups in total. The molecule has 0 aliphatic heterocycles. The SMILES string of the molecule is CC1(CO)CCCC1NCc1ccsc1. The van der Waals surface area contributed by atoms with Crippen molar-refractivity contribution in [1.82, 2.24) is 5.32 Å². The molecule has 15 heavy (non-hydrogen) atoms. The van der Waals surface area contributed by atoms with Crippen LogP contribution in [-0.4, -0.2) is 17.8 Å². The number of nitrogens with one attached hydrogen (secondary N) is 1. The first-order valence-electron chi connectivity index (χ1n) is 5.60. The van der Waals surface area contributed by atoms with Crippen LogP contribution >= 0.6 is 11.3 Å². The zero-order valence-corrected chi connectivity index (χ0v) is 10.0. The topological polar surface area (TPSA) is 32.3 Å². The summed E-state index contributed by atoms with van der Waals surface area (Å²) in [6, 6.07) is 2.63. The highest BCUT2D eigenvalue weighted by Crippen LogP contribution is 2.37. The maximum atomic E-state index is 9.41. The molecule has 3 heteroatoms. The highest BCUT2D eigenvalue weighted by atomic mass is 32.1. The van der Waals surface area contributed by atoms with Crippen molar-refractivity contribution in [2.24, 2.45) is 5.41 Å². The van der Waals surface area contributed by atoms with Crippen molar-refractivity contribution in [3.05, 3.63) is 22.4 Å². The molecule has 0 aromatic carbocycles. The van der Waals surface area contributed by atoms with Crippen LogP contribution < -0.4 is 5.32 Å². The molecule has 2 nitrogen and oxygen atoms in total. The molecule has 2 atom stereocenters. The van der Waals surface area contributed by atoms with E-state index in [9.17, 15) is 5.11 Å². The second-order valence-corrected chi connectivity index (χ2v) is 5.55. The van der Waals surface area contributed by atoms with Gasteiger partial charge in [-0.25, -0.2) is 0 Å². The molecule has 1 fully saturated rings. The van der Waals surface area contributed by atoms with Gasteiger partial charge in [0.1, 0.15) is 0 Å². The summed E-state index contributed by atoms with van der Waals surface area (Å²) >= 11 is 1.74.